The first-order chi connectivity index (χ1) is 10.5. The second kappa shape index (κ2) is 6.95. The number of benzene rings is 1. The highest BCUT2D eigenvalue weighted by atomic mass is 35.5. The van der Waals surface area contributed by atoms with E-state index in [2.05, 4.69) is 15.9 Å². The predicted octanol–water partition coefficient (Wildman–Crippen LogP) is 4.55. The summed E-state index contributed by atoms with van der Waals surface area (Å²) in [6, 6.07) is 2.60. The van der Waals surface area contributed by atoms with Gasteiger partial charge in [0.25, 0.3) is 0 Å². The molecule has 0 spiro atoms. The lowest BCUT2D eigenvalue weighted by atomic mass is 10.1. The Morgan fingerprint density at radius 2 is 2.09 bits per heavy atom. The number of hydrogen-bond acceptors (Lipinski definition) is 3. The molecule has 1 unspecified atom stereocenters. The maximum atomic E-state index is 14.3. The fraction of sp³-hybridized carbons (Fsp3) is 0.250. The highest BCUT2D eigenvalue weighted by Gasteiger charge is 2.18. The number of aryl methyl sites for hydroxylation is 1. The van der Waals surface area contributed by atoms with Crippen LogP contribution < -0.4 is 4.74 Å². The average Bonchev–Trinajstić information content (AvgIpc) is 2.50. The topological polar surface area (TPSA) is 35.0 Å². The molecule has 1 atom stereocenters. The SMILES string of the molecule is C#CC(C)Oc1cc(-c2ncnc(CC)c2Cl)c(F)cc1Cl. The van der Waals surface area contributed by atoms with E-state index in [9.17, 15) is 4.39 Å². The minimum atomic E-state index is -0.548. The lowest BCUT2D eigenvalue weighted by Crippen LogP contribution is -2.09. The molecular weight excluding hydrogens is 326 g/mol. The van der Waals surface area contributed by atoms with Gasteiger partial charge in [-0.1, -0.05) is 36.0 Å². The van der Waals surface area contributed by atoms with Crippen LogP contribution in [0.5, 0.6) is 5.75 Å². The molecule has 2 aromatic rings. The maximum absolute atomic E-state index is 14.3. The van der Waals surface area contributed by atoms with Gasteiger partial charge in [0.1, 0.15) is 17.9 Å². The van der Waals surface area contributed by atoms with Crippen LogP contribution in [-0.2, 0) is 6.42 Å². The van der Waals surface area contributed by atoms with Crippen molar-refractivity contribution in [3.05, 3.63) is 40.0 Å². The predicted molar refractivity (Wildman–Crippen MR) is 85.7 cm³/mol. The van der Waals surface area contributed by atoms with Gasteiger partial charge in [-0.25, -0.2) is 14.4 Å². The van der Waals surface area contributed by atoms with E-state index in [-0.39, 0.29) is 16.3 Å². The van der Waals surface area contributed by atoms with Gasteiger partial charge >= 0.3 is 0 Å². The van der Waals surface area contributed by atoms with E-state index in [4.69, 9.17) is 34.4 Å². The molecule has 0 amide bonds. The monoisotopic (exact) mass is 338 g/mol. The number of aromatic nitrogens is 2. The van der Waals surface area contributed by atoms with Gasteiger partial charge in [-0.15, -0.1) is 6.42 Å². The zero-order valence-corrected chi connectivity index (χ0v) is 13.5. The molecule has 0 N–H and O–H groups in total. The summed E-state index contributed by atoms with van der Waals surface area (Å²) < 4.78 is 19.7. The molecule has 22 heavy (non-hydrogen) atoms. The largest absolute Gasteiger partial charge is 0.476 e. The molecule has 6 heteroatoms. The zero-order valence-electron chi connectivity index (χ0n) is 12.0. The Bertz CT molecular complexity index is 744. The molecule has 2 rings (SSSR count). The molecule has 1 heterocycles. The van der Waals surface area contributed by atoms with Crippen LogP contribution in [-0.4, -0.2) is 16.1 Å². The minimum Gasteiger partial charge on any atom is -0.476 e. The summed E-state index contributed by atoms with van der Waals surface area (Å²) in [6.45, 7) is 3.59. The summed E-state index contributed by atoms with van der Waals surface area (Å²) in [5.41, 5.74) is 1.12. The Morgan fingerprint density at radius 3 is 2.73 bits per heavy atom. The van der Waals surface area contributed by atoms with Crippen molar-refractivity contribution in [2.45, 2.75) is 26.4 Å². The Labute approximate surface area is 138 Å². The molecule has 0 aliphatic heterocycles. The van der Waals surface area contributed by atoms with E-state index >= 15 is 0 Å². The molecule has 0 bridgehead atoms. The van der Waals surface area contributed by atoms with Gasteiger partial charge in [-0.2, -0.15) is 0 Å². The normalized spacial score (nSPS) is 11.8. The van der Waals surface area contributed by atoms with E-state index < -0.39 is 11.9 Å². The van der Waals surface area contributed by atoms with Crippen LogP contribution in [0.15, 0.2) is 18.5 Å². The Hall–Kier alpha value is -1.83. The Morgan fingerprint density at radius 1 is 1.36 bits per heavy atom. The molecule has 0 fully saturated rings. The fourth-order valence-electron chi connectivity index (χ4n) is 1.87. The minimum absolute atomic E-state index is 0.129. The number of ether oxygens (including phenoxy) is 1. The number of halogens is 3. The third kappa shape index (κ3) is 3.32. The Balaban J connectivity index is 2.57. The van der Waals surface area contributed by atoms with Crippen LogP contribution in [0.3, 0.4) is 0 Å². The lowest BCUT2D eigenvalue weighted by molar-refractivity contribution is 0.279. The van der Waals surface area contributed by atoms with Gasteiger partial charge in [-0.05, 0) is 25.5 Å². The summed E-state index contributed by atoms with van der Waals surface area (Å²) in [5, 5.41) is 0.436. The smallest absolute Gasteiger partial charge is 0.156 e. The standard InChI is InChI=1S/C16H13Cl2FN2O/c1-4-9(3)22-14-6-10(12(19)7-11(14)17)16-15(18)13(5-2)20-8-21-16/h1,6-9H,5H2,2-3H3. The molecule has 1 aromatic carbocycles. The van der Waals surface area contributed by atoms with Crippen LogP contribution in [0.4, 0.5) is 4.39 Å². The molecule has 1 aromatic heterocycles. The number of nitrogens with zero attached hydrogens (tertiary/aromatic N) is 2. The molecule has 0 saturated carbocycles. The van der Waals surface area contributed by atoms with E-state index in [1.165, 1.54) is 12.4 Å². The van der Waals surface area contributed by atoms with E-state index in [0.717, 1.165) is 6.07 Å². The average molecular weight is 339 g/mol. The van der Waals surface area contributed by atoms with Crippen LogP contribution in [0.2, 0.25) is 10.0 Å². The molecule has 0 radical (unpaired) electrons. The van der Waals surface area contributed by atoms with Gasteiger partial charge < -0.3 is 4.74 Å². The van der Waals surface area contributed by atoms with Crippen molar-refractivity contribution in [3.8, 4) is 29.4 Å². The van der Waals surface area contributed by atoms with Crippen LogP contribution >= 0.6 is 23.2 Å². The molecule has 114 valence electrons. The first-order valence-electron chi connectivity index (χ1n) is 6.59. The summed E-state index contributed by atoms with van der Waals surface area (Å²) >= 11 is 12.2. The maximum Gasteiger partial charge on any atom is 0.156 e. The van der Waals surface area contributed by atoms with Crippen molar-refractivity contribution < 1.29 is 9.13 Å². The quantitative estimate of drug-likeness (QED) is 0.767. The van der Waals surface area contributed by atoms with Crippen molar-refractivity contribution in [3.63, 3.8) is 0 Å². The van der Waals surface area contributed by atoms with Gasteiger partial charge in [0.15, 0.2) is 6.10 Å². The lowest BCUT2D eigenvalue weighted by Gasteiger charge is -2.14. The first kappa shape index (κ1) is 16.5. The van der Waals surface area contributed by atoms with Crippen molar-refractivity contribution in [2.24, 2.45) is 0 Å². The second-order valence-electron chi connectivity index (χ2n) is 4.53. The van der Waals surface area contributed by atoms with Crippen LogP contribution in [0, 0.1) is 18.2 Å². The third-order valence-corrected chi connectivity index (χ3v) is 3.70. The number of hydrogen-bond donors (Lipinski definition) is 0. The van der Waals surface area contributed by atoms with Gasteiger partial charge in [0, 0.05) is 5.56 Å². The number of rotatable bonds is 4. The Kier molecular flexibility index (Phi) is 5.23. The van der Waals surface area contributed by atoms with Gasteiger partial charge in [0.05, 0.1) is 21.4 Å². The molecule has 0 saturated heterocycles. The second-order valence-corrected chi connectivity index (χ2v) is 5.31. The van der Waals surface area contributed by atoms with E-state index in [0.29, 0.717) is 22.8 Å². The molecule has 0 aliphatic rings. The molecule has 3 nitrogen and oxygen atoms in total. The van der Waals surface area contributed by atoms with Crippen molar-refractivity contribution >= 4 is 23.2 Å². The zero-order chi connectivity index (χ0) is 16.3. The fourth-order valence-corrected chi connectivity index (χ4v) is 2.39. The molecular formula is C16H13Cl2FN2O. The summed E-state index contributed by atoms with van der Waals surface area (Å²) in [6.07, 6.45) is 6.74. The third-order valence-electron chi connectivity index (χ3n) is 3.01. The van der Waals surface area contributed by atoms with Crippen molar-refractivity contribution in [1.82, 2.24) is 9.97 Å². The van der Waals surface area contributed by atoms with Gasteiger partial charge in [0.2, 0.25) is 0 Å². The summed E-state index contributed by atoms with van der Waals surface area (Å²) in [7, 11) is 0. The summed E-state index contributed by atoms with van der Waals surface area (Å²) in [5.74, 6) is 2.14. The highest BCUT2D eigenvalue weighted by molar-refractivity contribution is 6.34. The van der Waals surface area contributed by atoms with Crippen LogP contribution in [0.25, 0.3) is 11.3 Å². The summed E-state index contributed by atoms with van der Waals surface area (Å²) in [4.78, 5) is 8.13. The highest BCUT2D eigenvalue weighted by Crippen LogP contribution is 2.36. The van der Waals surface area contributed by atoms with E-state index in [1.807, 2.05) is 6.92 Å². The van der Waals surface area contributed by atoms with E-state index in [1.54, 1.807) is 6.92 Å². The molecule has 0 aliphatic carbocycles. The van der Waals surface area contributed by atoms with Gasteiger partial charge in [-0.3, -0.25) is 0 Å². The van der Waals surface area contributed by atoms with Crippen molar-refractivity contribution in [2.75, 3.05) is 0 Å². The number of terminal acetylenes is 1. The first-order valence-corrected chi connectivity index (χ1v) is 7.35. The van der Waals surface area contributed by atoms with Crippen molar-refractivity contribution in [1.29, 1.82) is 0 Å². The van der Waals surface area contributed by atoms with Crippen LogP contribution in [0.1, 0.15) is 19.5 Å².